The number of hydrogen-bond donors (Lipinski definition) is 0. The molecule has 0 bridgehead atoms. The number of aromatic nitrogens is 1. The van der Waals surface area contributed by atoms with E-state index in [1.54, 1.807) is 6.20 Å². The highest BCUT2D eigenvalue weighted by atomic mass is 16.5. The summed E-state index contributed by atoms with van der Waals surface area (Å²) in [6.45, 7) is 3.31. The predicted octanol–water partition coefficient (Wildman–Crippen LogP) is 3.62. The van der Waals surface area contributed by atoms with Crippen LogP contribution in [0.4, 0.5) is 5.82 Å². The summed E-state index contributed by atoms with van der Waals surface area (Å²) >= 11 is 0. The van der Waals surface area contributed by atoms with Crippen molar-refractivity contribution in [2.24, 2.45) is 0 Å². The standard InChI is InChI=1S/C23H23N3O2/c27-23(26-16-14-25(15-17-26)22-12-6-7-13-24-22)21-11-5-4-8-19(21)18-28-20-9-2-1-3-10-20/h1-13H,14-18H2. The van der Waals surface area contributed by atoms with Crippen molar-refractivity contribution in [2.75, 3.05) is 31.1 Å². The molecule has 0 spiro atoms. The monoisotopic (exact) mass is 373 g/mol. The number of rotatable bonds is 5. The summed E-state index contributed by atoms with van der Waals surface area (Å²) in [5.41, 5.74) is 1.62. The fourth-order valence-electron chi connectivity index (χ4n) is 3.38. The average molecular weight is 373 g/mol. The van der Waals surface area contributed by atoms with Gasteiger partial charge in [-0.1, -0.05) is 42.5 Å². The summed E-state index contributed by atoms with van der Waals surface area (Å²) in [7, 11) is 0. The Morgan fingerprint density at radius 1 is 0.857 bits per heavy atom. The molecule has 1 aliphatic rings. The van der Waals surface area contributed by atoms with Gasteiger partial charge in [0.25, 0.3) is 5.91 Å². The molecule has 0 atom stereocenters. The second-order valence-corrected chi connectivity index (χ2v) is 6.73. The third-order valence-corrected chi connectivity index (χ3v) is 4.93. The first-order valence-corrected chi connectivity index (χ1v) is 9.52. The van der Waals surface area contributed by atoms with Crippen LogP contribution in [0.1, 0.15) is 15.9 Å². The van der Waals surface area contributed by atoms with Crippen molar-refractivity contribution < 1.29 is 9.53 Å². The lowest BCUT2D eigenvalue weighted by Gasteiger charge is -2.35. The van der Waals surface area contributed by atoms with Crippen LogP contribution in [0.5, 0.6) is 5.75 Å². The summed E-state index contributed by atoms with van der Waals surface area (Å²) in [6, 6.07) is 23.3. The molecule has 1 aromatic heterocycles. The van der Waals surface area contributed by atoms with Gasteiger partial charge in [0.1, 0.15) is 18.2 Å². The average Bonchev–Trinajstić information content (AvgIpc) is 2.79. The Hall–Kier alpha value is -3.34. The van der Waals surface area contributed by atoms with E-state index in [0.29, 0.717) is 25.3 Å². The van der Waals surface area contributed by atoms with Crippen LogP contribution in [0.2, 0.25) is 0 Å². The zero-order chi connectivity index (χ0) is 19.2. The number of para-hydroxylation sites is 1. The Bertz CT molecular complexity index is 907. The van der Waals surface area contributed by atoms with Crippen LogP contribution in [-0.4, -0.2) is 42.0 Å². The van der Waals surface area contributed by atoms with Crippen LogP contribution in [0.25, 0.3) is 0 Å². The summed E-state index contributed by atoms with van der Waals surface area (Å²) in [6.07, 6.45) is 1.80. The molecule has 0 radical (unpaired) electrons. The van der Waals surface area contributed by atoms with E-state index in [1.807, 2.05) is 77.7 Å². The smallest absolute Gasteiger partial charge is 0.254 e. The number of carbonyl (C=O) groups excluding carboxylic acids is 1. The van der Waals surface area contributed by atoms with Gasteiger partial charge >= 0.3 is 0 Å². The van der Waals surface area contributed by atoms with Gasteiger partial charge in [0.05, 0.1) is 0 Å². The fourth-order valence-corrected chi connectivity index (χ4v) is 3.38. The lowest BCUT2D eigenvalue weighted by atomic mass is 10.1. The maximum Gasteiger partial charge on any atom is 0.254 e. The zero-order valence-electron chi connectivity index (χ0n) is 15.7. The maximum absolute atomic E-state index is 13.1. The van der Waals surface area contributed by atoms with E-state index in [-0.39, 0.29) is 5.91 Å². The van der Waals surface area contributed by atoms with Crippen molar-refractivity contribution in [2.45, 2.75) is 6.61 Å². The van der Waals surface area contributed by atoms with Crippen LogP contribution < -0.4 is 9.64 Å². The van der Waals surface area contributed by atoms with Gasteiger partial charge in [-0.3, -0.25) is 4.79 Å². The molecule has 3 aromatic rings. The van der Waals surface area contributed by atoms with Crippen molar-refractivity contribution >= 4 is 11.7 Å². The van der Waals surface area contributed by atoms with Crippen LogP contribution in [-0.2, 0) is 6.61 Å². The normalized spacial score (nSPS) is 14.0. The van der Waals surface area contributed by atoms with Gasteiger partial charge in [0.2, 0.25) is 0 Å². The molecule has 0 aliphatic carbocycles. The van der Waals surface area contributed by atoms with E-state index in [1.165, 1.54) is 0 Å². The number of anilines is 1. The molecule has 28 heavy (non-hydrogen) atoms. The predicted molar refractivity (Wildman–Crippen MR) is 110 cm³/mol. The highest BCUT2D eigenvalue weighted by Crippen LogP contribution is 2.18. The van der Waals surface area contributed by atoms with Gasteiger partial charge in [0.15, 0.2) is 0 Å². The Balaban J connectivity index is 1.41. The first-order valence-electron chi connectivity index (χ1n) is 9.52. The maximum atomic E-state index is 13.1. The summed E-state index contributed by atoms with van der Waals surface area (Å²) < 4.78 is 5.86. The van der Waals surface area contributed by atoms with Crippen molar-refractivity contribution in [3.63, 3.8) is 0 Å². The molecule has 2 heterocycles. The van der Waals surface area contributed by atoms with Gasteiger partial charge in [-0.15, -0.1) is 0 Å². The highest BCUT2D eigenvalue weighted by molar-refractivity contribution is 5.95. The Morgan fingerprint density at radius 2 is 1.57 bits per heavy atom. The molecule has 2 aromatic carbocycles. The van der Waals surface area contributed by atoms with Crippen molar-refractivity contribution in [1.29, 1.82) is 0 Å². The molecule has 0 saturated carbocycles. The summed E-state index contributed by atoms with van der Waals surface area (Å²) in [5.74, 6) is 1.83. The Kier molecular flexibility index (Phi) is 5.52. The van der Waals surface area contributed by atoms with E-state index >= 15 is 0 Å². The molecular formula is C23H23N3O2. The molecule has 1 fully saturated rings. The lowest BCUT2D eigenvalue weighted by molar-refractivity contribution is 0.0743. The molecule has 0 unspecified atom stereocenters. The van der Waals surface area contributed by atoms with E-state index in [9.17, 15) is 4.79 Å². The first kappa shape index (κ1) is 18.0. The van der Waals surface area contributed by atoms with Crippen LogP contribution in [0.3, 0.4) is 0 Å². The Labute approximate surface area is 165 Å². The van der Waals surface area contributed by atoms with Crippen LogP contribution in [0, 0.1) is 0 Å². The van der Waals surface area contributed by atoms with Crippen LogP contribution >= 0.6 is 0 Å². The topological polar surface area (TPSA) is 45.7 Å². The minimum Gasteiger partial charge on any atom is -0.489 e. The quantitative estimate of drug-likeness (QED) is 0.685. The largest absolute Gasteiger partial charge is 0.489 e. The third kappa shape index (κ3) is 4.14. The molecule has 1 amide bonds. The molecule has 1 saturated heterocycles. The number of amides is 1. The number of carbonyl (C=O) groups is 1. The number of ether oxygens (including phenoxy) is 1. The van der Waals surface area contributed by atoms with E-state index in [4.69, 9.17) is 4.74 Å². The minimum atomic E-state index is 0.0629. The van der Waals surface area contributed by atoms with Gasteiger partial charge in [-0.05, 0) is 30.3 Å². The van der Waals surface area contributed by atoms with Crippen molar-refractivity contribution in [1.82, 2.24) is 9.88 Å². The number of nitrogens with zero attached hydrogens (tertiary/aromatic N) is 3. The van der Waals surface area contributed by atoms with E-state index in [0.717, 1.165) is 30.2 Å². The van der Waals surface area contributed by atoms with Crippen molar-refractivity contribution in [3.8, 4) is 5.75 Å². The van der Waals surface area contributed by atoms with Gasteiger partial charge in [-0.2, -0.15) is 0 Å². The van der Waals surface area contributed by atoms with E-state index in [2.05, 4.69) is 9.88 Å². The molecule has 4 rings (SSSR count). The SMILES string of the molecule is O=C(c1ccccc1COc1ccccc1)N1CCN(c2ccccn2)CC1. The lowest BCUT2D eigenvalue weighted by Crippen LogP contribution is -2.49. The summed E-state index contributed by atoms with van der Waals surface area (Å²) in [5, 5.41) is 0. The number of benzene rings is 2. The zero-order valence-corrected chi connectivity index (χ0v) is 15.7. The van der Waals surface area contributed by atoms with Gasteiger partial charge in [-0.25, -0.2) is 4.98 Å². The molecule has 0 N–H and O–H groups in total. The second kappa shape index (κ2) is 8.57. The number of piperazine rings is 1. The molecular weight excluding hydrogens is 350 g/mol. The molecule has 5 nitrogen and oxygen atoms in total. The molecule has 142 valence electrons. The third-order valence-electron chi connectivity index (χ3n) is 4.93. The van der Waals surface area contributed by atoms with E-state index < -0.39 is 0 Å². The second-order valence-electron chi connectivity index (χ2n) is 6.73. The fraction of sp³-hybridized carbons (Fsp3) is 0.217. The Morgan fingerprint density at radius 3 is 2.32 bits per heavy atom. The van der Waals surface area contributed by atoms with Gasteiger partial charge in [0, 0.05) is 43.5 Å². The first-order chi connectivity index (χ1) is 13.8. The highest BCUT2D eigenvalue weighted by Gasteiger charge is 2.24. The van der Waals surface area contributed by atoms with Crippen molar-refractivity contribution in [3.05, 3.63) is 90.1 Å². The van der Waals surface area contributed by atoms with Gasteiger partial charge < -0.3 is 14.5 Å². The molecule has 5 heteroatoms. The molecule has 1 aliphatic heterocycles. The number of hydrogen-bond acceptors (Lipinski definition) is 4. The summed E-state index contributed by atoms with van der Waals surface area (Å²) in [4.78, 5) is 21.6. The number of pyridine rings is 1. The van der Waals surface area contributed by atoms with Crippen LogP contribution in [0.15, 0.2) is 79.0 Å². The minimum absolute atomic E-state index is 0.0629.